The summed E-state index contributed by atoms with van der Waals surface area (Å²) in [5.74, 6) is -2.39. The maximum atomic E-state index is 13.5. The largest absolute Gasteiger partial charge is 0.626 e. The Bertz CT molecular complexity index is 1400. The van der Waals surface area contributed by atoms with E-state index in [9.17, 15) is 36.4 Å². The minimum atomic E-state index is -4.69. The summed E-state index contributed by atoms with van der Waals surface area (Å²) in [6.07, 6.45) is -2.93. The Morgan fingerprint density at radius 2 is 1.81 bits per heavy atom. The molecule has 0 spiro atoms. The number of sulfone groups is 1. The summed E-state index contributed by atoms with van der Waals surface area (Å²) in [5, 5.41) is 12.4. The summed E-state index contributed by atoms with van der Waals surface area (Å²) in [4.78, 5) is 30.2. The van der Waals surface area contributed by atoms with Crippen LogP contribution in [-0.4, -0.2) is 73.5 Å². The number of hydroxylamine groups is 2. The molecule has 1 saturated carbocycles. The summed E-state index contributed by atoms with van der Waals surface area (Å²) in [6, 6.07) is 7.99. The molecule has 4 rings (SSSR count). The fourth-order valence-corrected chi connectivity index (χ4v) is 7.83. The van der Waals surface area contributed by atoms with Gasteiger partial charge in [-0.05, 0) is 88.5 Å². The summed E-state index contributed by atoms with van der Waals surface area (Å²) >= 11 is 5.94. The van der Waals surface area contributed by atoms with Crippen molar-refractivity contribution in [3.8, 4) is 0 Å². The average Bonchev–Trinajstić information content (AvgIpc) is 3.32. The van der Waals surface area contributed by atoms with E-state index in [0.29, 0.717) is 30.4 Å². The van der Waals surface area contributed by atoms with Crippen LogP contribution in [0.5, 0.6) is 0 Å². The zero-order valence-corrected chi connectivity index (χ0v) is 25.2. The van der Waals surface area contributed by atoms with Gasteiger partial charge in [0.05, 0.1) is 21.8 Å². The van der Waals surface area contributed by atoms with Gasteiger partial charge in [0.1, 0.15) is 0 Å². The van der Waals surface area contributed by atoms with E-state index in [-0.39, 0.29) is 35.7 Å². The number of quaternary nitrogens is 1. The molecular formula is C29H35ClF3N3O5S. The predicted molar refractivity (Wildman–Crippen MR) is 152 cm³/mol. The van der Waals surface area contributed by atoms with Gasteiger partial charge in [-0.25, -0.2) is 13.2 Å². The second-order valence-electron chi connectivity index (χ2n) is 11.4. The van der Waals surface area contributed by atoms with E-state index in [1.165, 1.54) is 29.2 Å². The van der Waals surface area contributed by atoms with E-state index in [1.54, 1.807) is 0 Å². The van der Waals surface area contributed by atoms with E-state index < -0.39 is 62.0 Å². The quantitative estimate of drug-likeness (QED) is 0.446. The minimum absolute atomic E-state index is 0.0326. The summed E-state index contributed by atoms with van der Waals surface area (Å²) in [7, 11) is -1.77. The molecule has 1 heterocycles. The molecule has 2 aliphatic rings. The number of amides is 2. The molecule has 2 aromatic carbocycles. The van der Waals surface area contributed by atoms with Crippen molar-refractivity contribution in [2.75, 3.05) is 19.3 Å². The fraction of sp³-hybridized carbons (Fsp3) is 0.517. The molecule has 4 unspecified atom stereocenters. The number of carbonyl (C=O) groups is 2. The molecule has 13 heteroatoms. The highest BCUT2D eigenvalue weighted by Crippen LogP contribution is 2.36. The number of benzene rings is 2. The van der Waals surface area contributed by atoms with Gasteiger partial charge in [-0.15, -0.1) is 0 Å². The molecule has 1 aliphatic heterocycles. The van der Waals surface area contributed by atoms with Crippen LogP contribution in [0.4, 0.5) is 13.2 Å². The van der Waals surface area contributed by atoms with Crippen LogP contribution >= 0.6 is 11.6 Å². The minimum Gasteiger partial charge on any atom is -0.626 e. The van der Waals surface area contributed by atoms with Crippen molar-refractivity contribution in [3.63, 3.8) is 0 Å². The van der Waals surface area contributed by atoms with Gasteiger partial charge in [0.2, 0.25) is 0 Å². The number of carbonyl (C=O) groups excluding carboxylic acids is 2. The van der Waals surface area contributed by atoms with E-state index in [1.807, 2.05) is 20.9 Å². The van der Waals surface area contributed by atoms with Crippen molar-refractivity contribution in [1.29, 1.82) is 0 Å². The second-order valence-corrected chi connectivity index (χ2v) is 13.9. The lowest BCUT2D eigenvalue weighted by atomic mass is 9.81. The van der Waals surface area contributed by atoms with Crippen molar-refractivity contribution >= 4 is 33.3 Å². The number of halogens is 4. The topological polar surface area (TPSA) is 102 Å². The fourth-order valence-electron chi connectivity index (χ4n) is 6.04. The SMILES string of the molecule is CC(C)N(C)C1CCC(N2CCC([NH+]([O-])C(=O)c3cccc(C(F)(F)F)c3)C2=O)[C@H](CS(=O)(=O)c2ccc(Cl)cc2)C1. The van der Waals surface area contributed by atoms with Gasteiger partial charge in [-0.3, -0.25) is 9.86 Å². The zero-order valence-electron chi connectivity index (χ0n) is 23.6. The molecule has 230 valence electrons. The van der Waals surface area contributed by atoms with Crippen molar-refractivity contribution < 1.29 is 36.2 Å². The molecule has 5 atom stereocenters. The summed E-state index contributed by atoms with van der Waals surface area (Å²) in [6.45, 7) is 4.25. The first-order valence-corrected chi connectivity index (χ1v) is 15.9. The second kappa shape index (κ2) is 12.6. The lowest BCUT2D eigenvalue weighted by Crippen LogP contribution is -3.14. The Balaban J connectivity index is 1.55. The Morgan fingerprint density at radius 1 is 1.14 bits per heavy atom. The van der Waals surface area contributed by atoms with E-state index in [2.05, 4.69) is 4.90 Å². The van der Waals surface area contributed by atoms with E-state index >= 15 is 0 Å². The molecule has 1 N–H and O–H groups in total. The normalized spacial score (nSPS) is 24.4. The number of alkyl halides is 3. The van der Waals surface area contributed by atoms with Gasteiger partial charge >= 0.3 is 12.1 Å². The van der Waals surface area contributed by atoms with E-state index in [0.717, 1.165) is 18.2 Å². The van der Waals surface area contributed by atoms with E-state index in [4.69, 9.17) is 11.6 Å². The van der Waals surface area contributed by atoms with Gasteiger partial charge in [-0.2, -0.15) is 13.2 Å². The van der Waals surface area contributed by atoms with Gasteiger partial charge < -0.3 is 15.0 Å². The standard InChI is InChI=1S/C29H35ClF3N3O5S/c1-18(2)34(3)23-9-12-25(20(16-23)17-42(40,41)24-10-7-22(30)8-11-24)35-14-13-26(28(35)38)36(39)27(37)19-5-4-6-21(15-19)29(31,32)33/h4-8,10-11,15,18,20,23,25-26,36H,9,12-14,16-17H2,1-3H3/t20-,23?,25?,26?/m0/s1. The Morgan fingerprint density at radius 3 is 2.43 bits per heavy atom. The molecular weight excluding hydrogens is 595 g/mol. The molecule has 0 bridgehead atoms. The number of nitrogens with one attached hydrogen (secondary N) is 1. The van der Waals surface area contributed by atoms with Crippen LogP contribution in [-0.2, 0) is 20.8 Å². The number of likely N-dealkylation sites (tertiary alicyclic amines) is 1. The Labute approximate surface area is 248 Å². The smallest absolute Gasteiger partial charge is 0.416 e. The van der Waals surface area contributed by atoms with Crippen LogP contribution in [0.2, 0.25) is 5.02 Å². The first-order chi connectivity index (χ1) is 19.6. The molecule has 1 aliphatic carbocycles. The third-order valence-electron chi connectivity index (χ3n) is 8.54. The highest BCUT2D eigenvalue weighted by atomic mass is 35.5. The number of hydrogen-bond donors (Lipinski definition) is 1. The molecule has 0 aromatic heterocycles. The molecule has 2 aromatic rings. The highest BCUT2D eigenvalue weighted by Gasteiger charge is 2.47. The third-order valence-corrected chi connectivity index (χ3v) is 10.7. The molecule has 1 saturated heterocycles. The third kappa shape index (κ3) is 6.99. The zero-order chi connectivity index (χ0) is 31.0. The van der Waals surface area contributed by atoms with Crippen LogP contribution < -0.4 is 5.06 Å². The van der Waals surface area contributed by atoms with Crippen molar-refractivity contribution in [1.82, 2.24) is 9.80 Å². The van der Waals surface area contributed by atoms with Gasteiger partial charge in [-0.1, -0.05) is 17.7 Å². The maximum Gasteiger partial charge on any atom is 0.416 e. The van der Waals surface area contributed by atoms with Crippen molar-refractivity contribution in [2.24, 2.45) is 5.92 Å². The van der Waals surface area contributed by atoms with Crippen molar-refractivity contribution in [3.05, 3.63) is 69.9 Å². The lowest BCUT2D eigenvalue weighted by molar-refractivity contribution is -0.776. The van der Waals surface area contributed by atoms with Gasteiger partial charge in [0, 0.05) is 36.1 Å². The van der Waals surface area contributed by atoms with Gasteiger partial charge in [0.25, 0.3) is 5.91 Å². The van der Waals surface area contributed by atoms with Crippen LogP contribution in [0.25, 0.3) is 0 Å². The monoisotopic (exact) mass is 629 g/mol. The summed E-state index contributed by atoms with van der Waals surface area (Å²) < 4.78 is 66.3. The lowest BCUT2D eigenvalue weighted by Gasteiger charge is -2.44. The molecule has 42 heavy (non-hydrogen) atoms. The number of nitrogens with zero attached hydrogens (tertiary/aromatic N) is 2. The Hall–Kier alpha value is -2.51. The van der Waals surface area contributed by atoms with Crippen LogP contribution in [0.15, 0.2) is 53.4 Å². The van der Waals surface area contributed by atoms with Crippen molar-refractivity contribution in [2.45, 2.75) is 74.8 Å². The van der Waals surface area contributed by atoms with Gasteiger partial charge in [0.15, 0.2) is 15.9 Å². The summed E-state index contributed by atoms with van der Waals surface area (Å²) in [5.41, 5.74) is -1.49. The number of hydrogen-bond acceptors (Lipinski definition) is 6. The van der Waals surface area contributed by atoms with Crippen LogP contribution in [0, 0.1) is 11.1 Å². The maximum absolute atomic E-state index is 13.5. The van der Waals surface area contributed by atoms with Crippen LogP contribution in [0.1, 0.15) is 55.5 Å². The van der Waals surface area contributed by atoms with Crippen LogP contribution in [0.3, 0.4) is 0 Å². The molecule has 8 nitrogen and oxygen atoms in total. The number of rotatable bonds is 8. The first-order valence-electron chi connectivity index (χ1n) is 13.9. The first kappa shape index (κ1) is 32.4. The average molecular weight is 630 g/mol. The Kier molecular flexibility index (Phi) is 9.73. The predicted octanol–water partition coefficient (Wildman–Crippen LogP) is 3.83. The molecule has 2 amide bonds. The highest BCUT2D eigenvalue weighted by molar-refractivity contribution is 7.91. The molecule has 0 radical (unpaired) electrons. The molecule has 2 fully saturated rings.